The van der Waals surface area contributed by atoms with Crippen molar-refractivity contribution in [3.8, 4) is 6.07 Å². The highest BCUT2D eigenvalue weighted by molar-refractivity contribution is 5.97. The summed E-state index contributed by atoms with van der Waals surface area (Å²) >= 11 is 0. The maximum Gasteiger partial charge on any atom is 0.176 e. The topological polar surface area (TPSA) is 66.9 Å². The van der Waals surface area contributed by atoms with Gasteiger partial charge in [0.15, 0.2) is 5.78 Å². The van der Waals surface area contributed by atoms with E-state index < -0.39 is 0 Å². The number of nitriles is 1. The summed E-state index contributed by atoms with van der Waals surface area (Å²) in [7, 11) is 0. The number of carbonyl (C=O) groups excluding carboxylic acids is 1. The lowest BCUT2D eigenvalue weighted by molar-refractivity contribution is 0.0997. The van der Waals surface area contributed by atoms with Crippen molar-refractivity contribution in [2.45, 2.75) is 12.8 Å². The molecule has 0 aromatic heterocycles. The van der Waals surface area contributed by atoms with Crippen LogP contribution in [0.1, 0.15) is 28.8 Å². The van der Waals surface area contributed by atoms with Crippen LogP contribution in [-0.2, 0) is 0 Å². The van der Waals surface area contributed by atoms with Gasteiger partial charge in [0.25, 0.3) is 0 Å². The molecular formula is C13H14N2O. The predicted octanol–water partition coefficient (Wildman–Crippen LogP) is 2.14. The molecule has 16 heavy (non-hydrogen) atoms. The highest BCUT2D eigenvalue weighted by atomic mass is 16.1. The summed E-state index contributed by atoms with van der Waals surface area (Å²) in [4.78, 5) is 11.5. The average Bonchev–Trinajstić information content (AvgIpc) is 2.30. The van der Waals surface area contributed by atoms with E-state index in [9.17, 15) is 4.79 Å². The van der Waals surface area contributed by atoms with Gasteiger partial charge in [-0.1, -0.05) is 30.4 Å². The Labute approximate surface area is 95.2 Å². The van der Waals surface area contributed by atoms with Gasteiger partial charge < -0.3 is 5.73 Å². The van der Waals surface area contributed by atoms with E-state index in [1.165, 1.54) is 0 Å². The predicted molar refractivity (Wildman–Crippen MR) is 63.7 cm³/mol. The van der Waals surface area contributed by atoms with Crippen LogP contribution in [0.5, 0.6) is 0 Å². The van der Waals surface area contributed by atoms with Gasteiger partial charge in [0, 0.05) is 5.56 Å². The highest BCUT2D eigenvalue weighted by Crippen LogP contribution is 2.09. The smallest absolute Gasteiger partial charge is 0.176 e. The number of nitrogens with zero attached hydrogens (tertiary/aromatic N) is 1. The fraction of sp³-hybridized carbons (Fsp3) is 0.231. The third-order valence-corrected chi connectivity index (χ3v) is 2.09. The minimum atomic E-state index is -0.142. The van der Waals surface area contributed by atoms with Crippen molar-refractivity contribution in [3.05, 3.63) is 41.5 Å². The molecule has 0 amide bonds. The number of benzene rings is 1. The molecule has 3 heteroatoms. The number of Topliss-reactive ketones (excluding diaryl/α,β-unsaturated/α-hetero) is 1. The van der Waals surface area contributed by atoms with Crippen molar-refractivity contribution in [2.24, 2.45) is 5.73 Å². The number of nitrogens with two attached hydrogens (primary N) is 1. The largest absolute Gasteiger partial charge is 0.330 e. The lowest BCUT2D eigenvalue weighted by Crippen LogP contribution is -1.97. The molecule has 2 N–H and O–H groups in total. The monoisotopic (exact) mass is 214 g/mol. The maximum atomic E-state index is 11.5. The summed E-state index contributed by atoms with van der Waals surface area (Å²) in [6.07, 6.45) is 4.64. The minimum absolute atomic E-state index is 0.0734. The van der Waals surface area contributed by atoms with E-state index >= 15 is 0 Å². The number of ketones is 1. The van der Waals surface area contributed by atoms with Gasteiger partial charge in [0.2, 0.25) is 0 Å². The zero-order valence-electron chi connectivity index (χ0n) is 9.02. The quantitative estimate of drug-likeness (QED) is 0.763. The zero-order chi connectivity index (χ0) is 11.8. The molecule has 0 aliphatic heterocycles. The molecule has 0 fully saturated rings. The molecule has 1 aromatic carbocycles. The lowest BCUT2D eigenvalue weighted by atomic mass is 10.1. The van der Waals surface area contributed by atoms with Crippen molar-refractivity contribution in [3.63, 3.8) is 0 Å². The van der Waals surface area contributed by atoms with Crippen molar-refractivity contribution in [1.29, 1.82) is 5.26 Å². The fourth-order valence-electron chi connectivity index (χ4n) is 1.31. The molecule has 0 saturated heterocycles. The SMILES string of the molecule is N#CCC(=O)c1cccc(C=CCCN)c1. The zero-order valence-corrected chi connectivity index (χ0v) is 9.02. The van der Waals surface area contributed by atoms with Crippen LogP contribution in [0.3, 0.4) is 0 Å². The Balaban J connectivity index is 2.79. The first-order valence-corrected chi connectivity index (χ1v) is 5.14. The van der Waals surface area contributed by atoms with Crippen LogP contribution < -0.4 is 5.73 Å². The van der Waals surface area contributed by atoms with E-state index in [0.717, 1.165) is 12.0 Å². The fourth-order valence-corrected chi connectivity index (χ4v) is 1.31. The van der Waals surface area contributed by atoms with E-state index in [4.69, 9.17) is 11.0 Å². The van der Waals surface area contributed by atoms with Crippen LogP contribution in [0, 0.1) is 11.3 Å². The average molecular weight is 214 g/mol. The van der Waals surface area contributed by atoms with E-state index in [0.29, 0.717) is 12.1 Å². The summed E-state index contributed by atoms with van der Waals surface area (Å²) in [5, 5.41) is 8.44. The van der Waals surface area contributed by atoms with Gasteiger partial charge in [0.05, 0.1) is 12.5 Å². The molecule has 0 bridgehead atoms. The minimum Gasteiger partial charge on any atom is -0.330 e. The Kier molecular flexibility index (Phi) is 4.97. The molecule has 0 aliphatic carbocycles. The standard InChI is InChI=1S/C13H14N2O/c14-8-2-1-4-11-5-3-6-12(10-11)13(16)7-9-15/h1,3-6,10H,2,7-8,14H2. The Hall–Kier alpha value is -1.92. The molecule has 0 spiro atoms. The number of rotatable bonds is 5. The van der Waals surface area contributed by atoms with Crippen molar-refractivity contribution < 1.29 is 4.79 Å². The second-order valence-corrected chi connectivity index (χ2v) is 3.36. The van der Waals surface area contributed by atoms with Gasteiger partial charge in [-0.25, -0.2) is 0 Å². The molecule has 82 valence electrons. The molecule has 0 unspecified atom stereocenters. The van der Waals surface area contributed by atoms with E-state index in [-0.39, 0.29) is 12.2 Å². The van der Waals surface area contributed by atoms with Crippen LogP contribution >= 0.6 is 0 Å². The molecule has 1 aromatic rings. The van der Waals surface area contributed by atoms with Crippen LogP contribution in [0.25, 0.3) is 6.08 Å². The Bertz CT molecular complexity index is 430. The van der Waals surface area contributed by atoms with Gasteiger partial charge in [-0.3, -0.25) is 4.79 Å². The van der Waals surface area contributed by atoms with Gasteiger partial charge in [0.1, 0.15) is 0 Å². The maximum absolute atomic E-state index is 11.5. The Morgan fingerprint density at radius 3 is 3.00 bits per heavy atom. The number of carbonyl (C=O) groups is 1. The Morgan fingerprint density at radius 1 is 1.50 bits per heavy atom. The molecular weight excluding hydrogens is 200 g/mol. The molecule has 0 atom stereocenters. The molecule has 1 rings (SSSR count). The summed E-state index contributed by atoms with van der Waals surface area (Å²) < 4.78 is 0. The third kappa shape index (κ3) is 3.68. The van der Waals surface area contributed by atoms with Crippen LogP contribution in [0.4, 0.5) is 0 Å². The third-order valence-electron chi connectivity index (χ3n) is 2.09. The van der Waals surface area contributed by atoms with Gasteiger partial charge in [-0.05, 0) is 24.6 Å². The molecule has 0 saturated carbocycles. The molecule has 0 aliphatic rings. The summed E-state index contributed by atoms with van der Waals surface area (Å²) in [6.45, 7) is 0.615. The molecule has 3 nitrogen and oxygen atoms in total. The summed E-state index contributed by atoms with van der Waals surface area (Å²) in [5.74, 6) is -0.142. The van der Waals surface area contributed by atoms with Gasteiger partial charge in [-0.15, -0.1) is 0 Å². The first kappa shape index (κ1) is 12.2. The molecule has 0 heterocycles. The summed E-state index contributed by atoms with van der Waals surface area (Å²) in [5.41, 5.74) is 6.90. The first-order valence-electron chi connectivity index (χ1n) is 5.14. The normalized spacial score (nSPS) is 10.2. The molecule has 0 radical (unpaired) electrons. The second kappa shape index (κ2) is 6.54. The van der Waals surface area contributed by atoms with Crippen LogP contribution in [-0.4, -0.2) is 12.3 Å². The van der Waals surface area contributed by atoms with E-state index in [1.54, 1.807) is 12.1 Å². The van der Waals surface area contributed by atoms with E-state index in [1.807, 2.05) is 30.4 Å². The van der Waals surface area contributed by atoms with Crippen LogP contribution in [0.15, 0.2) is 30.3 Å². The van der Waals surface area contributed by atoms with Gasteiger partial charge in [-0.2, -0.15) is 5.26 Å². The number of hydrogen-bond acceptors (Lipinski definition) is 3. The van der Waals surface area contributed by atoms with Crippen molar-refractivity contribution in [2.75, 3.05) is 6.54 Å². The van der Waals surface area contributed by atoms with Gasteiger partial charge >= 0.3 is 0 Å². The van der Waals surface area contributed by atoms with Crippen LogP contribution in [0.2, 0.25) is 0 Å². The Morgan fingerprint density at radius 2 is 2.31 bits per heavy atom. The highest BCUT2D eigenvalue weighted by Gasteiger charge is 2.04. The van der Waals surface area contributed by atoms with Crippen molar-refractivity contribution >= 4 is 11.9 Å². The first-order chi connectivity index (χ1) is 7.77. The summed E-state index contributed by atoms with van der Waals surface area (Å²) in [6, 6.07) is 9.09. The number of hydrogen-bond donors (Lipinski definition) is 1. The second-order valence-electron chi connectivity index (χ2n) is 3.36. The van der Waals surface area contributed by atoms with Crippen molar-refractivity contribution in [1.82, 2.24) is 0 Å². The lowest BCUT2D eigenvalue weighted by Gasteiger charge is -1.98. The van der Waals surface area contributed by atoms with E-state index in [2.05, 4.69) is 0 Å².